The summed E-state index contributed by atoms with van der Waals surface area (Å²) in [7, 11) is 0. The summed E-state index contributed by atoms with van der Waals surface area (Å²) < 4.78 is 5.30. The van der Waals surface area contributed by atoms with E-state index in [4.69, 9.17) is 4.74 Å². The average Bonchev–Trinajstić information content (AvgIpc) is 2.89. The van der Waals surface area contributed by atoms with Crippen molar-refractivity contribution < 1.29 is 19.4 Å². The number of carboxylic acids is 1. The molecule has 1 aliphatic carbocycles. The summed E-state index contributed by atoms with van der Waals surface area (Å²) in [5.74, 6) is -0.380. The van der Waals surface area contributed by atoms with Crippen LogP contribution in [0.5, 0.6) is 0 Å². The van der Waals surface area contributed by atoms with Gasteiger partial charge >= 0.3 is 12.1 Å². The number of likely N-dealkylation sites (tertiary alicyclic amines) is 1. The van der Waals surface area contributed by atoms with Crippen LogP contribution in [0.1, 0.15) is 31.2 Å². The first kappa shape index (κ1) is 14.9. The maximum Gasteiger partial charge on any atom is 0.410 e. The molecule has 0 spiro atoms. The fourth-order valence-corrected chi connectivity index (χ4v) is 3.50. The molecule has 0 bridgehead atoms. The quantitative estimate of drug-likeness (QED) is 0.928. The van der Waals surface area contributed by atoms with Crippen molar-refractivity contribution in [2.24, 2.45) is 11.8 Å². The molecule has 1 amide bonds. The number of benzene rings is 1. The van der Waals surface area contributed by atoms with E-state index in [0.29, 0.717) is 12.5 Å². The van der Waals surface area contributed by atoms with Gasteiger partial charge < -0.3 is 9.84 Å². The second-order valence-electron chi connectivity index (χ2n) is 6.16. The number of carboxylic acid groups (broad SMARTS) is 1. The number of carbonyl (C=O) groups is 2. The monoisotopic (exact) mass is 303 g/mol. The molecule has 1 aromatic carbocycles. The predicted molar refractivity (Wildman–Crippen MR) is 80.2 cm³/mol. The van der Waals surface area contributed by atoms with Gasteiger partial charge in [-0.05, 0) is 23.8 Å². The molecule has 1 saturated heterocycles. The summed E-state index contributed by atoms with van der Waals surface area (Å²) in [6.45, 7) is 0.655. The Morgan fingerprint density at radius 1 is 1.18 bits per heavy atom. The Bertz CT molecular complexity index is 541. The molecule has 3 rings (SSSR count). The van der Waals surface area contributed by atoms with Crippen LogP contribution in [-0.2, 0) is 16.1 Å². The van der Waals surface area contributed by atoms with Crippen molar-refractivity contribution in [1.82, 2.24) is 4.90 Å². The Morgan fingerprint density at radius 2 is 1.91 bits per heavy atom. The van der Waals surface area contributed by atoms with E-state index in [1.54, 1.807) is 0 Å². The highest BCUT2D eigenvalue weighted by Crippen LogP contribution is 2.41. The first-order valence-corrected chi connectivity index (χ1v) is 7.87. The van der Waals surface area contributed by atoms with Gasteiger partial charge in [0.2, 0.25) is 0 Å². The molecule has 1 saturated carbocycles. The zero-order valence-electron chi connectivity index (χ0n) is 12.5. The largest absolute Gasteiger partial charge is 0.480 e. The van der Waals surface area contributed by atoms with Gasteiger partial charge in [0.1, 0.15) is 12.6 Å². The van der Waals surface area contributed by atoms with Gasteiger partial charge in [0.25, 0.3) is 0 Å². The standard InChI is InChI=1S/C17H21NO4/c19-16(20)15-14(13-7-4-8-13)9-10-18(15)17(21)22-11-12-5-2-1-3-6-12/h1-3,5-6,13-15H,4,7-11H2,(H,19,20)/t14-,15-/m1/s1. The zero-order valence-corrected chi connectivity index (χ0v) is 12.5. The molecule has 5 heteroatoms. The molecular formula is C17H21NO4. The van der Waals surface area contributed by atoms with Crippen LogP contribution in [0.25, 0.3) is 0 Å². The highest BCUT2D eigenvalue weighted by molar-refractivity contribution is 5.81. The number of amides is 1. The Kier molecular flexibility index (Phi) is 4.32. The van der Waals surface area contributed by atoms with Crippen LogP contribution in [0.2, 0.25) is 0 Å². The van der Waals surface area contributed by atoms with E-state index in [1.807, 2.05) is 30.3 Å². The van der Waals surface area contributed by atoms with Crippen LogP contribution in [0, 0.1) is 11.8 Å². The lowest BCUT2D eigenvalue weighted by Crippen LogP contribution is -2.45. The Morgan fingerprint density at radius 3 is 2.50 bits per heavy atom. The molecule has 118 valence electrons. The molecule has 1 aliphatic heterocycles. The van der Waals surface area contributed by atoms with Crippen molar-refractivity contribution >= 4 is 12.1 Å². The van der Waals surface area contributed by atoms with E-state index in [1.165, 1.54) is 11.3 Å². The Hall–Kier alpha value is -2.04. The van der Waals surface area contributed by atoms with Gasteiger partial charge in [-0.25, -0.2) is 9.59 Å². The van der Waals surface area contributed by atoms with E-state index < -0.39 is 18.1 Å². The first-order chi connectivity index (χ1) is 10.7. The molecule has 2 aliphatic rings. The summed E-state index contributed by atoms with van der Waals surface area (Å²) in [4.78, 5) is 25.2. The highest BCUT2D eigenvalue weighted by atomic mass is 16.6. The number of ether oxygens (including phenoxy) is 1. The fourth-order valence-electron chi connectivity index (χ4n) is 3.50. The number of hydrogen-bond acceptors (Lipinski definition) is 3. The zero-order chi connectivity index (χ0) is 15.5. The van der Waals surface area contributed by atoms with Crippen molar-refractivity contribution in [2.45, 2.75) is 38.3 Å². The molecule has 0 radical (unpaired) electrons. The van der Waals surface area contributed by atoms with E-state index in [-0.39, 0.29) is 12.5 Å². The fraction of sp³-hybridized carbons (Fsp3) is 0.529. The maximum atomic E-state index is 12.2. The topological polar surface area (TPSA) is 66.8 Å². The highest BCUT2D eigenvalue weighted by Gasteiger charge is 2.47. The van der Waals surface area contributed by atoms with Gasteiger partial charge in [0.15, 0.2) is 0 Å². The number of aliphatic carboxylic acids is 1. The summed E-state index contributed by atoms with van der Waals surface area (Å²) in [6, 6.07) is 8.69. The van der Waals surface area contributed by atoms with E-state index in [9.17, 15) is 14.7 Å². The molecule has 1 heterocycles. The summed E-state index contributed by atoms with van der Waals surface area (Å²) in [5, 5.41) is 9.51. The van der Waals surface area contributed by atoms with Crippen molar-refractivity contribution in [3.8, 4) is 0 Å². The van der Waals surface area contributed by atoms with Crippen molar-refractivity contribution in [1.29, 1.82) is 0 Å². The van der Waals surface area contributed by atoms with Crippen LogP contribution >= 0.6 is 0 Å². The predicted octanol–water partition coefficient (Wildman–Crippen LogP) is 2.90. The Balaban J connectivity index is 1.62. The van der Waals surface area contributed by atoms with Gasteiger partial charge in [-0.15, -0.1) is 0 Å². The lowest BCUT2D eigenvalue weighted by Gasteiger charge is -2.34. The van der Waals surface area contributed by atoms with Crippen molar-refractivity contribution in [3.05, 3.63) is 35.9 Å². The van der Waals surface area contributed by atoms with E-state index >= 15 is 0 Å². The molecule has 2 fully saturated rings. The summed E-state index contributed by atoms with van der Waals surface area (Å²) >= 11 is 0. The normalized spacial score (nSPS) is 24.8. The van der Waals surface area contributed by atoms with Crippen molar-refractivity contribution in [3.63, 3.8) is 0 Å². The Labute approximate surface area is 129 Å². The molecular weight excluding hydrogens is 282 g/mol. The molecule has 22 heavy (non-hydrogen) atoms. The SMILES string of the molecule is O=C(O)[C@H]1[C@@H](C2CCC2)CCN1C(=O)OCc1ccccc1. The minimum Gasteiger partial charge on any atom is -0.480 e. The molecule has 0 aromatic heterocycles. The molecule has 1 N–H and O–H groups in total. The maximum absolute atomic E-state index is 12.2. The molecule has 0 unspecified atom stereocenters. The summed E-state index contributed by atoms with van der Waals surface area (Å²) in [6.07, 6.45) is 3.59. The lowest BCUT2D eigenvalue weighted by molar-refractivity contribution is -0.144. The third-order valence-corrected chi connectivity index (χ3v) is 4.89. The third kappa shape index (κ3) is 2.93. The molecule has 5 nitrogen and oxygen atoms in total. The van der Waals surface area contributed by atoms with Crippen LogP contribution in [-0.4, -0.2) is 34.7 Å². The van der Waals surface area contributed by atoms with Crippen LogP contribution < -0.4 is 0 Å². The van der Waals surface area contributed by atoms with E-state index in [0.717, 1.165) is 24.8 Å². The average molecular weight is 303 g/mol. The molecule has 2 atom stereocenters. The minimum absolute atomic E-state index is 0.0792. The van der Waals surface area contributed by atoms with Crippen LogP contribution in [0.3, 0.4) is 0 Å². The summed E-state index contributed by atoms with van der Waals surface area (Å²) in [5.41, 5.74) is 0.900. The van der Waals surface area contributed by atoms with E-state index in [2.05, 4.69) is 0 Å². The van der Waals surface area contributed by atoms with Crippen LogP contribution in [0.15, 0.2) is 30.3 Å². The minimum atomic E-state index is -0.911. The lowest BCUT2D eigenvalue weighted by atomic mass is 9.73. The van der Waals surface area contributed by atoms with Crippen LogP contribution in [0.4, 0.5) is 4.79 Å². The van der Waals surface area contributed by atoms with Gasteiger partial charge in [-0.1, -0.05) is 49.6 Å². The number of hydrogen-bond donors (Lipinski definition) is 1. The number of carbonyl (C=O) groups excluding carboxylic acids is 1. The third-order valence-electron chi connectivity index (χ3n) is 4.89. The van der Waals surface area contributed by atoms with Crippen molar-refractivity contribution in [2.75, 3.05) is 6.54 Å². The first-order valence-electron chi connectivity index (χ1n) is 7.87. The smallest absolute Gasteiger partial charge is 0.410 e. The second-order valence-corrected chi connectivity index (χ2v) is 6.16. The van der Waals surface area contributed by atoms with Gasteiger partial charge in [-0.2, -0.15) is 0 Å². The van der Waals surface area contributed by atoms with Gasteiger partial charge in [-0.3, -0.25) is 4.90 Å². The number of rotatable bonds is 4. The number of nitrogens with zero attached hydrogens (tertiary/aromatic N) is 1. The van der Waals surface area contributed by atoms with Gasteiger partial charge in [0, 0.05) is 6.54 Å². The molecule has 1 aromatic rings. The second kappa shape index (κ2) is 6.38. The van der Waals surface area contributed by atoms with Gasteiger partial charge in [0.05, 0.1) is 0 Å².